The summed E-state index contributed by atoms with van der Waals surface area (Å²) < 4.78 is 4.76. The summed E-state index contributed by atoms with van der Waals surface area (Å²) in [5, 5.41) is 10.0. The smallest absolute Gasteiger partial charge is 0.410 e. The number of ether oxygens (including phenoxy) is 1. The van der Waals surface area contributed by atoms with Crippen molar-refractivity contribution in [2.24, 2.45) is 0 Å². The summed E-state index contributed by atoms with van der Waals surface area (Å²) in [6, 6.07) is 29.1. The van der Waals surface area contributed by atoms with E-state index in [0.29, 0.717) is 0 Å². The first-order valence-electron chi connectivity index (χ1n) is 11.1. The van der Waals surface area contributed by atoms with Gasteiger partial charge in [0.05, 0.1) is 4.75 Å². The van der Waals surface area contributed by atoms with Gasteiger partial charge in [-0.2, -0.15) is 0 Å². The molecule has 0 spiro atoms. The largest absolute Gasteiger partial charge is 0.480 e. The molecule has 0 aromatic heterocycles. The normalized spacial score (nSPS) is 12.6. The third-order valence-electron chi connectivity index (χ3n) is 5.43. The molecular formula is C28H31NO4S. The standard InChI is InChI=1S/C28H31NO4S/c1-27(2,3)33-26(32)29(4)24(25(30)31)20-34-28(21-14-8-5-9-15-21,22-16-10-6-11-17-22)23-18-12-7-13-19-23/h5-19,24H,20H2,1-4H3,(H,30,31)/t24-/m1/s1. The minimum Gasteiger partial charge on any atom is -0.480 e. The molecule has 0 radical (unpaired) electrons. The molecule has 1 atom stereocenters. The number of amides is 1. The lowest BCUT2D eigenvalue weighted by Gasteiger charge is -2.37. The highest BCUT2D eigenvalue weighted by Gasteiger charge is 2.40. The molecule has 0 aliphatic carbocycles. The molecular weight excluding hydrogens is 446 g/mol. The van der Waals surface area contributed by atoms with Crippen LogP contribution in [0.25, 0.3) is 0 Å². The number of rotatable bonds is 8. The van der Waals surface area contributed by atoms with E-state index in [0.717, 1.165) is 16.7 Å². The predicted octanol–water partition coefficient (Wildman–Crippen LogP) is 6.03. The van der Waals surface area contributed by atoms with Crippen molar-refractivity contribution >= 4 is 23.8 Å². The van der Waals surface area contributed by atoms with Crippen LogP contribution in [0.4, 0.5) is 4.79 Å². The zero-order valence-electron chi connectivity index (χ0n) is 20.0. The molecule has 3 aromatic rings. The predicted molar refractivity (Wildman–Crippen MR) is 137 cm³/mol. The van der Waals surface area contributed by atoms with Crippen molar-refractivity contribution in [1.29, 1.82) is 0 Å². The molecule has 0 unspecified atom stereocenters. The molecule has 178 valence electrons. The van der Waals surface area contributed by atoms with Crippen LogP contribution in [0.15, 0.2) is 91.0 Å². The summed E-state index contributed by atoms with van der Waals surface area (Å²) in [6.45, 7) is 5.28. The molecule has 0 saturated carbocycles. The maximum Gasteiger partial charge on any atom is 0.410 e. The second kappa shape index (κ2) is 10.8. The van der Waals surface area contributed by atoms with Gasteiger partial charge in [0, 0.05) is 12.8 Å². The van der Waals surface area contributed by atoms with E-state index >= 15 is 0 Å². The maximum absolute atomic E-state index is 12.7. The topological polar surface area (TPSA) is 66.8 Å². The number of hydrogen-bond acceptors (Lipinski definition) is 4. The number of nitrogens with zero attached hydrogens (tertiary/aromatic N) is 1. The molecule has 34 heavy (non-hydrogen) atoms. The van der Waals surface area contributed by atoms with Crippen molar-refractivity contribution in [1.82, 2.24) is 4.90 Å². The Kier molecular flexibility index (Phi) is 8.05. The Morgan fingerprint density at radius 3 is 1.53 bits per heavy atom. The molecule has 0 saturated heterocycles. The van der Waals surface area contributed by atoms with Gasteiger partial charge < -0.3 is 9.84 Å². The Hall–Kier alpha value is -3.25. The molecule has 1 amide bonds. The summed E-state index contributed by atoms with van der Waals surface area (Å²) >= 11 is 1.50. The van der Waals surface area contributed by atoms with Crippen LogP contribution < -0.4 is 0 Å². The van der Waals surface area contributed by atoms with Gasteiger partial charge in [-0.25, -0.2) is 9.59 Å². The SMILES string of the molecule is CN(C(=O)OC(C)(C)C)[C@H](CSC(c1ccccc1)(c1ccccc1)c1ccccc1)C(=O)O. The van der Waals surface area contributed by atoms with Gasteiger partial charge in [-0.15, -0.1) is 11.8 Å². The third-order valence-corrected chi connectivity index (χ3v) is 7.06. The summed E-state index contributed by atoms with van der Waals surface area (Å²) in [5.74, 6) is -0.923. The van der Waals surface area contributed by atoms with Crippen molar-refractivity contribution in [3.05, 3.63) is 108 Å². The fraction of sp³-hybridized carbons (Fsp3) is 0.286. The van der Waals surface area contributed by atoms with Gasteiger partial charge in [0.1, 0.15) is 11.6 Å². The molecule has 6 heteroatoms. The second-order valence-corrected chi connectivity index (χ2v) is 10.3. The van der Waals surface area contributed by atoms with Gasteiger partial charge in [0.2, 0.25) is 0 Å². The Labute approximate surface area is 205 Å². The van der Waals surface area contributed by atoms with Crippen molar-refractivity contribution in [3.63, 3.8) is 0 Å². The van der Waals surface area contributed by atoms with E-state index in [1.54, 1.807) is 20.8 Å². The van der Waals surface area contributed by atoms with E-state index in [1.807, 2.05) is 54.6 Å². The summed E-state index contributed by atoms with van der Waals surface area (Å²) in [4.78, 5) is 26.1. The number of aliphatic carboxylic acids is 1. The lowest BCUT2D eigenvalue weighted by atomic mass is 9.84. The van der Waals surface area contributed by atoms with E-state index in [-0.39, 0.29) is 5.75 Å². The Morgan fingerprint density at radius 2 is 1.21 bits per heavy atom. The van der Waals surface area contributed by atoms with Crippen LogP contribution in [0.1, 0.15) is 37.5 Å². The second-order valence-electron chi connectivity index (χ2n) is 9.04. The van der Waals surface area contributed by atoms with Crippen LogP contribution in [0.2, 0.25) is 0 Å². The highest BCUT2D eigenvalue weighted by molar-refractivity contribution is 8.00. The number of thioether (sulfide) groups is 1. The molecule has 0 fully saturated rings. The number of carbonyl (C=O) groups excluding carboxylic acids is 1. The van der Waals surface area contributed by atoms with Crippen LogP contribution in [-0.2, 0) is 14.3 Å². The van der Waals surface area contributed by atoms with Gasteiger partial charge in [-0.05, 0) is 37.5 Å². The first-order valence-corrected chi connectivity index (χ1v) is 12.1. The Morgan fingerprint density at radius 1 is 0.824 bits per heavy atom. The summed E-state index contributed by atoms with van der Waals surface area (Å²) in [7, 11) is 1.47. The number of hydrogen-bond donors (Lipinski definition) is 1. The molecule has 1 N–H and O–H groups in total. The van der Waals surface area contributed by atoms with E-state index in [2.05, 4.69) is 36.4 Å². The lowest BCUT2D eigenvalue weighted by Crippen LogP contribution is -2.47. The summed E-state index contributed by atoms with van der Waals surface area (Å²) in [5.41, 5.74) is 2.37. The highest BCUT2D eigenvalue weighted by Crippen LogP contribution is 2.48. The van der Waals surface area contributed by atoms with Crippen LogP contribution in [0, 0.1) is 0 Å². The molecule has 3 rings (SSSR count). The zero-order valence-corrected chi connectivity index (χ0v) is 20.8. The Balaban J connectivity index is 2.07. The lowest BCUT2D eigenvalue weighted by molar-refractivity contribution is -0.141. The minimum absolute atomic E-state index is 0.157. The van der Waals surface area contributed by atoms with Gasteiger partial charge in [-0.1, -0.05) is 91.0 Å². The minimum atomic E-state index is -1.08. The van der Waals surface area contributed by atoms with E-state index in [1.165, 1.54) is 23.7 Å². The zero-order chi connectivity index (χ0) is 24.8. The van der Waals surface area contributed by atoms with Crippen LogP contribution in [0.3, 0.4) is 0 Å². The average molecular weight is 478 g/mol. The third kappa shape index (κ3) is 5.81. The quantitative estimate of drug-likeness (QED) is 0.401. The number of carbonyl (C=O) groups is 2. The van der Waals surface area contributed by atoms with E-state index in [4.69, 9.17) is 4.74 Å². The van der Waals surface area contributed by atoms with Crippen LogP contribution in [0.5, 0.6) is 0 Å². The average Bonchev–Trinajstić information content (AvgIpc) is 2.82. The molecule has 0 heterocycles. The van der Waals surface area contributed by atoms with Crippen molar-refractivity contribution in [2.45, 2.75) is 37.2 Å². The Bertz CT molecular complexity index is 985. The van der Waals surface area contributed by atoms with Crippen molar-refractivity contribution in [2.75, 3.05) is 12.8 Å². The number of carboxylic acids is 1. The van der Waals surface area contributed by atoms with E-state index in [9.17, 15) is 14.7 Å². The molecule has 0 aliphatic rings. The van der Waals surface area contributed by atoms with Gasteiger partial charge >= 0.3 is 12.1 Å². The van der Waals surface area contributed by atoms with Crippen molar-refractivity contribution < 1.29 is 19.4 Å². The summed E-state index contributed by atoms with van der Waals surface area (Å²) in [6.07, 6.45) is -0.662. The number of benzene rings is 3. The number of likely N-dealkylation sites (N-methyl/N-ethyl adjacent to an activating group) is 1. The first kappa shape index (κ1) is 25.4. The molecule has 0 aliphatic heterocycles. The van der Waals surface area contributed by atoms with Gasteiger partial charge in [0.25, 0.3) is 0 Å². The molecule has 5 nitrogen and oxygen atoms in total. The first-order chi connectivity index (χ1) is 16.1. The van der Waals surface area contributed by atoms with Gasteiger partial charge in [-0.3, -0.25) is 4.90 Å². The van der Waals surface area contributed by atoms with Gasteiger partial charge in [0.15, 0.2) is 0 Å². The monoisotopic (exact) mass is 477 g/mol. The van der Waals surface area contributed by atoms with Crippen LogP contribution >= 0.6 is 11.8 Å². The number of carboxylic acid groups (broad SMARTS) is 1. The maximum atomic E-state index is 12.7. The molecule has 0 bridgehead atoms. The van der Waals surface area contributed by atoms with E-state index < -0.39 is 28.5 Å². The fourth-order valence-corrected chi connectivity index (χ4v) is 5.46. The molecule has 3 aromatic carbocycles. The highest BCUT2D eigenvalue weighted by atomic mass is 32.2. The fourth-order valence-electron chi connectivity index (χ4n) is 3.78. The van der Waals surface area contributed by atoms with Crippen LogP contribution in [-0.4, -0.2) is 46.5 Å². The van der Waals surface area contributed by atoms with Crippen molar-refractivity contribution in [3.8, 4) is 0 Å².